The predicted molar refractivity (Wildman–Crippen MR) is 81.0 cm³/mol. The van der Waals surface area contributed by atoms with Crippen molar-refractivity contribution in [3.8, 4) is 0 Å². The molecule has 20 heavy (non-hydrogen) atoms. The molecule has 0 unspecified atom stereocenters. The van der Waals surface area contributed by atoms with Crippen molar-refractivity contribution >= 4 is 5.91 Å². The highest BCUT2D eigenvalue weighted by molar-refractivity contribution is 5.79. The molecule has 4 saturated carbocycles. The monoisotopic (exact) mass is 278 g/mol. The number of amides is 1. The number of carbonyl (C=O) groups is 1. The Balaban J connectivity index is 1.68. The Morgan fingerprint density at radius 1 is 1.10 bits per heavy atom. The summed E-state index contributed by atoms with van der Waals surface area (Å²) in [5, 5.41) is 0. The first-order valence-electron chi connectivity index (χ1n) is 8.34. The minimum absolute atomic E-state index is 0.0241. The molecule has 0 aromatic rings. The second kappa shape index (κ2) is 5.01. The summed E-state index contributed by atoms with van der Waals surface area (Å²) in [4.78, 5) is 14.9. The van der Waals surface area contributed by atoms with Crippen LogP contribution in [-0.4, -0.2) is 30.9 Å². The topological polar surface area (TPSA) is 46.3 Å². The van der Waals surface area contributed by atoms with Gasteiger partial charge >= 0.3 is 0 Å². The van der Waals surface area contributed by atoms with Gasteiger partial charge in [-0.25, -0.2) is 0 Å². The van der Waals surface area contributed by atoms with Crippen LogP contribution in [0.3, 0.4) is 0 Å². The van der Waals surface area contributed by atoms with E-state index in [1.165, 1.54) is 32.1 Å². The second-order valence-corrected chi connectivity index (χ2v) is 8.52. The van der Waals surface area contributed by atoms with Gasteiger partial charge in [0, 0.05) is 19.5 Å². The number of hydrogen-bond acceptors (Lipinski definition) is 2. The van der Waals surface area contributed by atoms with Crippen molar-refractivity contribution in [3.05, 3.63) is 0 Å². The number of nitrogens with zero attached hydrogens (tertiary/aromatic N) is 1. The Kier molecular flexibility index (Phi) is 3.60. The van der Waals surface area contributed by atoms with Crippen LogP contribution < -0.4 is 5.73 Å². The van der Waals surface area contributed by atoms with Gasteiger partial charge in [0.25, 0.3) is 0 Å². The summed E-state index contributed by atoms with van der Waals surface area (Å²) in [5.41, 5.74) is 5.84. The molecule has 4 aliphatic rings. The van der Waals surface area contributed by atoms with Crippen molar-refractivity contribution < 1.29 is 4.79 Å². The van der Waals surface area contributed by atoms with Gasteiger partial charge in [0.2, 0.25) is 5.91 Å². The molecule has 0 atom stereocenters. The van der Waals surface area contributed by atoms with Crippen LogP contribution in [0.25, 0.3) is 0 Å². The van der Waals surface area contributed by atoms with E-state index in [0.717, 1.165) is 18.4 Å². The first-order valence-corrected chi connectivity index (χ1v) is 8.34. The van der Waals surface area contributed by atoms with E-state index >= 15 is 0 Å². The zero-order valence-electron chi connectivity index (χ0n) is 13.3. The minimum atomic E-state index is 0.0241. The van der Waals surface area contributed by atoms with E-state index in [2.05, 4.69) is 13.8 Å². The Morgan fingerprint density at radius 3 is 2.05 bits per heavy atom. The zero-order chi connectivity index (χ0) is 14.5. The van der Waals surface area contributed by atoms with Gasteiger partial charge in [-0.05, 0) is 67.7 Å². The van der Waals surface area contributed by atoms with Crippen LogP contribution in [0.5, 0.6) is 0 Å². The molecule has 0 radical (unpaired) electrons. The average Bonchev–Trinajstić information content (AvgIpc) is 2.36. The highest BCUT2D eigenvalue weighted by atomic mass is 16.2. The maximum atomic E-state index is 12.9. The Bertz CT molecular complexity index is 362. The van der Waals surface area contributed by atoms with E-state index < -0.39 is 0 Å². The van der Waals surface area contributed by atoms with Crippen LogP contribution in [0.4, 0.5) is 0 Å². The maximum Gasteiger partial charge on any atom is 0.226 e. The van der Waals surface area contributed by atoms with Crippen molar-refractivity contribution in [1.29, 1.82) is 0 Å². The molecular weight excluding hydrogens is 248 g/mol. The molecule has 4 fully saturated rings. The van der Waals surface area contributed by atoms with E-state index in [0.29, 0.717) is 30.2 Å². The summed E-state index contributed by atoms with van der Waals surface area (Å²) in [6, 6.07) is 0. The van der Waals surface area contributed by atoms with Crippen molar-refractivity contribution in [2.45, 2.75) is 46.0 Å². The first kappa shape index (κ1) is 14.4. The Hall–Kier alpha value is -0.570. The summed E-state index contributed by atoms with van der Waals surface area (Å²) >= 11 is 0. The van der Waals surface area contributed by atoms with Gasteiger partial charge in [0.1, 0.15) is 0 Å². The fraction of sp³-hybridized carbons (Fsp3) is 0.941. The van der Waals surface area contributed by atoms with E-state index in [9.17, 15) is 4.79 Å². The van der Waals surface area contributed by atoms with Gasteiger partial charge in [0.05, 0.1) is 0 Å². The van der Waals surface area contributed by atoms with Crippen LogP contribution in [0.2, 0.25) is 0 Å². The van der Waals surface area contributed by atoms with Crippen molar-refractivity contribution in [2.24, 2.45) is 40.7 Å². The molecule has 4 aliphatic carbocycles. The molecule has 0 heterocycles. The number of rotatable bonds is 4. The summed E-state index contributed by atoms with van der Waals surface area (Å²) in [6.45, 7) is 5.71. The molecule has 0 aromatic carbocycles. The molecule has 114 valence electrons. The summed E-state index contributed by atoms with van der Waals surface area (Å²) in [5.74, 6) is 3.96. The highest BCUT2D eigenvalue weighted by Crippen LogP contribution is 2.56. The van der Waals surface area contributed by atoms with Gasteiger partial charge in [0.15, 0.2) is 0 Å². The van der Waals surface area contributed by atoms with Gasteiger partial charge in [-0.3, -0.25) is 4.79 Å². The first-order chi connectivity index (χ1) is 9.39. The van der Waals surface area contributed by atoms with E-state index in [1.54, 1.807) is 0 Å². The third-order valence-corrected chi connectivity index (χ3v) is 6.11. The van der Waals surface area contributed by atoms with Crippen molar-refractivity contribution in [3.63, 3.8) is 0 Å². The molecule has 3 heteroatoms. The van der Waals surface area contributed by atoms with Crippen LogP contribution >= 0.6 is 0 Å². The Morgan fingerprint density at radius 2 is 1.60 bits per heavy atom. The molecule has 0 aromatic heterocycles. The van der Waals surface area contributed by atoms with Crippen molar-refractivity contribution in [1.82, 2.24) is 4.90 Å². The minimum Gasteiger partial charge on any atom is -0.345 e. The Labute approximate surface area is 123 Å². The van der Waals surface area contributed by atoms with E-state index in [-0.39, 0.29) is 5.41 Å². The molecule has 4 rings (SSSR count). The summed E-state index contributed by atoms with van der Waals surface area (Å²) < 4.78 is 0. The smallest absolute Gasteiger partial charge is 0.226 e. The largest absolute Gasteiger partial charge is 0.345 e. The maximum absolute atomic E-state index is 12.9. The summed E-state index contributed by atoms with van der Waals surface area (Å²) in [6.07, 6.45) is 6.72. The number of nitrogens with two attached hydrogens (primary N) is 1. The zero-order valence-corrected chi connectivity index (χ0v) is 13.3. The lowest BCUT2D eigenvalue weighted by Gasteiger charge is -2.54. The number of carbonyl (C=O) groups excluding carboxylic acids is 1. The van der Waals surface area contributed by atoms with Gasteiger partial charge < -0.3 is 10.6 Å². The normalized spacial score (nSPS) is 39.1. The molecular formula is C17H30N2O. The van der Waals surface area contributed by atoms with Crippen LogP contribution in [0.1, 0.15) is 46.0 Å². The third-order valence-electron chi connectivity index (χ3n) is 6.11. The lowest BCUT2D eigenvalue weighted by molar-refractivity contribution is -0.148. The third kappa shape index (κ3) is 2.49. The SMILES string of the molecule is CN(CC(C)(C)CN)C(=O)C1C2CC3CC(C2)CC1C3. The predicted octanol–water partition coefficient (Wildman–Crippen LogP) is 2.50. The average molecular weight is 278 g/mol. The van der Waals surface area contributed by atoms with Gasteiger partial charge in [-0.1, -0.05) is 13.8 Å². The van der Waals surface area contributed by atoms with E-state index in [1.807, 2.05) is 11.9 Å². The molecule has 1 amide bonds. The quantitative estimate of drug-likeness (QED) is 0.859. The lowest BCUT2D eigenvalue weighted by Crippen LogP contribution is -2.52. The molecule has 0 spiro atoms. The van der Waals surface area contributed by atoms with Crippen LogP contribution in [-0.2, 0) is 4.79 Å². The number of hydrogen-bond donors (Lipinski definition) is 1. The van der Waals surface area contributed by atoms with E-state index in [4.69, 9.17) is 5.73 Å². The fourth-order valence-electron chi connectivity index (χ4n) is 5.37. The van der Waals surface area contributed by atoms with Crippen LogP contribution in [0.15, 0.2) is 0 Å². The summed E-state index contributed by atoms with van der Waals surface area (Å²) in [7, 11) is 1.98. The molecule has 3 nitrogen and oxygen atoms in total. The fourth-order valence-corrected chi connectivity index (χ4v) is 5.37. The van der Waals surface area contributed by atoms with Crippen LogP contribution in [0, 0.1) is 35.0 Å². The highest BCUT2D eigenvalue weighted by Gasteiger charge is 2.51. The van der Waals surface area contributed by atoms with Crippen molar-refractivity contribution in [2.75, 3.05) is 20.1 Å². The van der Waals surface area contributed by atoms with Gasteiger partial charge in [-0.2, -0.15) is 0 Å². The standard InChI is InChI=1S/C17H30N2O/c1-17(2,9-18)10-19(3)16(20)15-13-5-11-4-12(7-13)8-14(15)6-11/h11-15H,4-10,18H2,1-3H3. The lowest BCUT2D eigenvalue weighted by atomic mass is 9.51. The molecule has 4 bridgehead atoms. The molecule has 0 aliphatic heterocycles. The molecule has 2 N–H and O–H groups in total. The molecule has 0 saturated heterocycles. The second-order valence-electron chi connectivity index (χ2n) is 8.52. The van der Waals surface area contributed by atoms with Gasteiger partial charge in [-0.15, -0.1) is 0 Å².